The molecule has 0 aromatic carbocycles. The van der Waals surface area contributed by atoms with Crippen LogP contribution in [-0.2, 0) is 24.8 Å². The predicted molar refractivity (Wildman–Crippen MR) is 41.3 cm³/mol. The van der Waals surface area contributed by atoms with Gasteiger partial charge in [-0.15, -0.1) is 0 Å². The molecule has 0 N–H and O–H groups in total. The fourth-order valence-corrected chi connectivity index (χ4v) is 1.04. The van der Waals surface area contributed by atoms with Crippen molar-refractivity contribution in [3.63, 3.8) is 0 Å². The minimum Gasteiger partial charge on any atom is -0.465 e. The van der Waals surface area contributed by atoms with Crippen molar-refractivity contribution in [2.24, 2.45) is 0 Å². The maximum Gasteiger partial charge on any atom is 0.302 e. The predicted octanol–water partition coefficient (Wildman–Crippen LogP) is 0.250. The molecule has 1 unspecified atom stereocenters. The van der Waals surface area contributed by atoms with Crippen LogP contribution in [0, 0.1) is 0 Å². The molecule has 0 spiro atoms. The molecule has 0 rings (SSSR count). The van der Waals surface area contributed by atoms with Gasteiger partial charge in [0.15, 0.2) is 11.1 Å². The second-order valence-corrected chi connectivity index (χ2v) is 3.01. The fourth-order valence-electron chi connectivity index (χ4n) is 0.444. The van der Waals surface area contributed by atoms with Gasteiger partial charge >= 0.3 is 5.97 Å². The Balaban J connectivity index is 3.24. The van der Waals surface area contributed by atoms with E-state index in [1.165, 1.54) is 6.92 Å². The molecule has 5 heteroatoms. The molecule has 0 amide bonds. The van der Waals surface area contributed by atoms with Crippen molar-refractivity contribution in [2.75, 3.05) is 19.0 Å². The zero-order valence-electron chi connectivity index (χ0n) is 6.66. The Bertz CT molecular complexity index is 146. The van der Waals surface area contributed by atoms with Gasteiger partial charge in [-0.05, 0) is 6.92 Å². The topological polar surface area (TPSA) is 52.6 Å². The molecule has 0 radical (unpaired) electrons. The lowest BCUT2D eigenvalue weighted by atomic mass is 10.8. The van der Waals surface area contributed by atoms with Gasteiger partial charge in [0.2, 0.25) is 0 Å². The summed E-state index contributed by atoms with van der Waals surface area (Å²) in [5.74, 6) is -0.119. The Morgan fingerprint density at radius 2 is 2.18 bits per heavy atom. The van der Waals surface area contributed by atoms with E-state index in [4.69, 9.17) is 4.18 Å². The molecule has 4 nitrogen and oxygen atoms in total. The Morgan fingerprint density at radius 3 is 2.64 bits per heavy atom. The van der Waals surface area contributed by atoms with Gasteiger partial charge in [0.25, 0.3) is 0 Å². The van der Waals surface area contributed by atoms with E-state index in [2.05, 4.69) is 4.74 Å². The van der Waals surface area contributed by atoms with Crippen molar-refractivity contribution in [3.8, 4) is 0 Å². The third-order valence-electron chi connectivity index (χ3n) is 0.805. The minimum atomic E-state index is -1.31. The number of rotatable bonds is 5. The summed E-state index contributed by atoms with van der Waals surface area (Å²) < 4.78 is 20.0. The molecule has 0 aliphatic carbocycles. The highest BCUT2D eigenvalue weighted by molar-refractivity contribution is 7.80. The van der Waals surface area contributed by atoms with E-state index >= 15 is 0 Å². The highest BCUT2D eigenvalue weighted by atomic mass is 32.2. The lowest BCUT2D eigenvalue weighted by Crippen LogP contribution is -2.10. The van der Waals surface area contributed by atoms with E-state index in [0.717, 1.165) is 0 Å². The fraction of sp³-hybridized carbons (Fsp3) is 0.833. The van der Waals surface area contributed by atoms with E-state index in [9.17, 15) is 9.00 Å². The third kappa shape index (κ3) is 7.48. The van der Waals surface area contributed by atoms with Crippen molar-refractivity contribution in [3.05, 3.63) is 0 Å². The second-order valence-electron chi connectivity index (χ2n) is 1.75. The highest BCUT2D eigenvalue weighted by Gasteiger charge is 1.99. The first kappa shape index (κ1) is 10.6. The van der Waals surface area contributed by atoms with Crippen LogP contribution in [0.5, 0.6) is 0 Å². The van der Waals surface area contributed by atoms with Crippen molar-refractivity contribution >= 4 is 17.0 Å². The van der Waals surface area contributed by atoms with Crippen LogP contribution in [0.4, 0.5) is 0 Å². The van der Waals surface area contributed by atoms with Crippen molar-refractivity contribution in [1.82, 2.24) is 0 Å². The SMILES string of the molecule is CCOS(=O)CCOC(C)=O. The Hall–Kier alpha value is -0.420. The maximum atomic E-state index is 10.7. The molecule has 0 bridgehead atoms. The molecule has 0 aliphatic rings. The highest BCUT2D eigenvalue weighted by Crippen LogP contribution is 1.86. The minimum absolute atomic E-state index is 0.155. The van der Waals surface area contributed by atoms with Crippen LogP contribution < -0.4 is 0 Å². The summed E-state index contributed by atoms with van der Waals surface area (Å²) in [6, 6.07) is 0. The molecule has 0 heterocycles. The first-order valence-corrected chi connectivity index (χ1v) is 4.56. The number of carbonyl (C=O) groups excluding carboxylic acids is 1. The van der Waals surface area contributed by atoms with Crippen molar-refractivity contribution in [2.45, 2.75) is 13.8 Å². The van der Waals surface area contributed by atoms with Gasteiger partial charge in [0, 0.05) is 6.92 Å². The Kier molecular flexibility index (Phi) is 6.06. The van der Waals surface area contributed by atoms with Crippen molar-refractivity contribution in [1.29, 1.82) is 0 Å². The van der Waals surface area contributed by atoms with Gasteiger partial charge in [-0.1, -0.05) is 0 Å². The first-order valence-electron chi connectivity index (χ1n) is 3.31. The van der Waals surface area contributed by atoms with Crippen LogP contribution >= 0.6 is 0 Å². The Labute approximate surface area is 68.5 Å². The van der Waals surface area contributed by atoms with Gasteiger partial charge in [-0.2, -0.15) is 0 Å². The van der Waals surface area contributed by atoms with Crippen LogP contribution in [0.25, 0.3) is 0 Å². The number of esters is 1. The molecule has 0 saturated carbocycles. The molecule has 0 aromatic rings. The lowest BCUT2D eigenvalue weighted by molar-refractivity contribution is -0.140. The number of hydrogen-bond acceptors (Lipinski definition) is 4. The van der Waals surface area contributed by atoms with Crippen LogP contribution in [0.2, 0.25) is 0 Å². The molecule has 0 fully saturated rings. The molecule has 1 atom stereocenters. The van der Waals surface area contributed by atoms with Gasteiger partial charge in [-0.25, -0.2) is 4.21 Å². The van der Waals surface area contributed by atoms with Crippen LogP contribution in [0.3, 0.4) is 0 Å². The Morgan fingerprint density at radius 1 is 1.55 bits per heavy atom. The average Bonchev–Trinajstić information content (AvgIpc) is 1.87. The normalized spacial score (nSPS) is 12.5. The lowest BCUT2D eigenvalue weighted by Gasteiger charge is -2.00. The summed E-state index contributed by atoms with van der Waals surface area (Å²) in [7, 11) is 0. The first-order chi connectivity index (χ1) is 5.16. The van der Waals surface area contributed by atoms with Gasteiger partial charge in [-0.3, -0.25) is 8.98 Å². The smallest absolute Gasteiger partial charge is 0.302 e. The molecule has 66 valence electrons. The summed E-state index contributed by atoms with van der Waals surface area (Å²) in [6.07, 6.45) is 0. The van der Waals surface area contributed by atoms with E-state index in [0.29, 0.717) is 6.61 Å². The molecule has 0 aromatic heterocycles. The molecule has 11 heavy (non-hydrogen) atoms. The van der Waals surface area contributed by atoms with Gasteiger partial charge in [0.05, 0.1) is 12.4 Å². The van der Waals surface area contributed by atoms with E-state index in [-0.39, 0.29) is 18.3 Å². The molecular weight excluding hydrogens is 168 g/mol. The van der Waals surface area contributed by atoms with Gasteiger partial charge in [0.1, 0.15) is 6.61 Å². The monoisotopic (exact) mass is 180 g/mol. The average molecular weight is 180 g/mol. The summed E-state index contributed by atoms with van der Waals surface area (Å²) in [6.45, 7) is 3.63. The summed E-state index contributed by atoms with van der Waals surface area (Å²) in [5.41, 5.74) is 0. The summed E-state index contributed by atoms with van der Waals surface area (Å²) in [4.78, 5) is 10.2. The molecule has 0 saturated heterocycles. The molecular formula is C6H12O4S. The van der Waals surface area contributed by atoms with E-state index in [1.807, 2.05) is 0 Å². The molecule has 0 aliphatic heterocycles. The van der Waals surface area contributed by atoms with Crippen LogP contribution in [-0.4, -0.2) is 29.1 Å². The van der Waals surface area contributed by atoms with Crippen molar-refractivity contribution < 1.29 is 17.9 Å². The zero-order valence-corrected chi connectivity index (χ0v) is 7.48. The summed E-state index contributed by atoms with van der Waals surface area (Å²) >= 11 is -1.31. The standard InChI is InChI=1S/C6H12O4S/c1-3-10-11(8)5-4-9-6(2)7/h3-5H2,1-2H3. The van der Waals surface area contributed by atoms with Crippen LogP contribution in [0.1, 0.15) is 13.8 Å². The summed E-state index contributed by atoms with van der Waals surface area (Å²) in [5, 5.41) is 0. The largest absolute Gasteiger partial charge is 0.465 e. The maximum absolute atomic E-state index is 10.7. The second kappa shape index (κ2) is 6.30. The third-order valence-corrected chi connectivity index (χ3v) is 1.80. The quantitative estimate of drug-likeness (QED) is 0.569. The zero-order chi connectivity index (χ0) is 8.69. The van der Waals surface area contributed by atoms with E-state index < -0.39 is 11.1 Å². The number of ether oxygens (including phenoxy) is 1. The van der Waals surface area contributed by atoms with Gasteiger partial charge < -0.3 is 4.74 Å². The van der Waals surface area contributed by atoms with E-state index in [1.54, 1.807) is 6.92 Å². The van der Waals surface area contributed by atoms with Crippen LogP contribution in [0.15, 0.2) is 0 Å². The number of carbonyl (C=O) groups is 1. The number of hydrogen-bond donors (Lipinski definition) is 0.